The van der Waals surface area contributed by atoms with Crippen LogP contribution in [0.25, 0.3) is 0 Å². The van der Waals surface area contributed by atoms with E-state index in [9.17, 15) is 9.59 Å². The van der Waals surface area contributed by atoms with Gasteiger partial charge in [0.05, 0.1) is 13.5 Å². The largest absolute Gasteiger partial charge is 0.497 e. The first-order valence-corrected chi connectivity index (χ1v) is 9.43. The standard InChI is InChI=1S/C23H24O6/c1-16(24)8-15-22(25)29-23-21(27-19-11-9-18(26-2)10-12-19)14-13-20(28-23)17-6-4-3-5-7-17/h3-7,9-14,20-21,23H,8,15H2,1-2H3/t20-,21-,23+/m0/s1. The third kappa shape index (κ3) is 5.93. The molecule has 0 radical (unpaired) electrons. The van der Waals surface area contributed by atoms with Crippen LogP contribution in [0.15, 0.2) is 66.7 Å². The molecule has 29 heavy (non-hydrogen) atoms. The zero-order chi connectivity index (χ0) is 20.6. The summed E-state index contributed by atoms with van der Waals surface area (Å²) >= 11 is 0. The number of hydrogen-bond donors (Lipinski definition) is 0. The summed E-state index contributed by atoms with van der Waals surface area (Å²) in [5.74, 6) is 0.728. The normalized spacial score (nSPS) is 20.7. The van der Waals surface area contributed by atoms with Crippen LogP contribution in [0.4, 0.5) is 0 Å². The first kappa shape index (κ1) is 20.6. The predicted molar refractivity (Wildman–Crippen MR) is 107 cm³/mol. The average molecular weight is 396 g/mol. The van der Waals surface area contributed by atoms with Crippen molar-refractivity contribution in [3.05, 3.63) is 72.3 Å². The maximum absolute atomic E-state index is 12.2. The minimum atomic E-state index is -0.938. The molecule has 1 heterocycles. The van der Waals surface area contributed by atoms with Gasteiger partial charge in [-0.1, -0.05) is 36.4 Å². The number of ketones is 1. The van der Waals surface area contributed by atoms with Crippen molar-refractivity contribution in [1.29, 1.82) is 0 Å². The first-order valence-electron chi connectivity index (χ1n) is 9.43. The third-order valence-electron chi connectivity index (χ3n) is 4.41. The second-order valence-corrected chi connectivity index (χ2v) is 6.67. The monoisotopic (exact) mass is 396 g/mol. The Hall–Kier alpha value is -3.12. The number of rotatable bonds is 8. The van der Waals surface area contributed by atoms with Gasteiger partial charge in [0.1, 0.15) is 23.4 Å². The molecule has 0 fully saturated rings. The quantitative estimate of drug-likeness (QED) is 0.496. The molecule has 152 valence electrons. The van der Waals surface area contributed by atoms with Crippen LogP contribution in [0.1, 0.15) is 31.4 Å². The van der Waals surface area contributed by atoms with Crippen LogP contribution in [-0.4, -0.2) is 31.3 Å². The molecular weight excluding hydrogens is 372 g/mol. The van der Waals surface area contributed by atoms with E-state index in [1.54, 1.807) is 31.4 Å². The molecule has 0 aliphatic carbocycles. The molecule has 1 aliphatic rings. The van der Waals surface area contributed by atoms with Crippen molar-refractivity contribution in [3.63, 3.8) is 0 Å². The topological polar surface area (TPSA) is 71.1 Å². The number of carbonyl (C=O) groups excluding carboxylic acids is 2. The summed E-state index contributed by atoms with van der Waals surface area (Å²) in [6.45, 7) is 1.44. The van der Waals surface area contributed by atoms with Crippen molar-refractivity contribution in [3.8, 4) is 11.5 Å². The van der Waals surface area contributed by atoms with Gasteiger partial charge in [0.15, 0.2) is 6.10 Å². The van der Waals surface area contributed by atoms with E-state index in [1.165, 1.54) is 6.92 Å². The van der Waals surface area contributed by atoms with E-state index in [4.69, 9.17) is 18.9 Å². The molecule has 0 unspecified atom stereocenters. The lowest BCUT2D eigenvalue weighted by Crippen LogP contribution is -2.40. The van der Waals surface area contributed by atoms with Gasteiger partial charge >= 0.3 is 5.97 Å². The van der Waals surface area contributed by atoms with Gasteiger partial charge < -0.3 is 23.7 Å². The van der Waals surface area contributed by atoms with Crippen molar-refractivity contribution in [2.45, 2.75) is 38.3 Å². The highest BCUT2D eigenvalue weighted by Gasteiger charge is 2.32. The minimum absolute atomic E-state index is 0.00413. The Morgan fingerprint density at radius 2 is 1.62 bits per heavy atom. The highest BCUT2D eigenvalue weighted by atomic mass is 16.7. The summed E-state index contributed by atoms with van der Waals surface area (Å²) < 4.78 is 22.6. The lowest BCUT2D eigenvalue weighted by Gasteiger charge is -2.32. The molecule has 0 amide bonds. The van der Waals surface area contributed by atoms with E-state index in [0.29, 0.717) is 11.5 Å². The second kappa shape index (κ2) is 9.89. The Labute approximate surface area is 170 Å². The number of carbonyl (C=O) groups is 2. The average Bonchev–Trinajstić information content (AvgIpc) is 2.74. The molecular formula is C23H24O6. The number of Topliss-reactive ketones (excluding diaryl/α,β-unsaturated/α-hetero) is 1. The van der Waals surface area contributed by atoms with Crippen LogP contribution in [0.5, 0.6) is 11.5 Å². The van der Waals surface area contributed by atoms with Gasteiger partial charge in [-0.25, -0.2) is 0 Å². The van der Waals surface area contributed by atoms with Crippen LogP contribution in [0.2, 0.25) is 0 Å². The van der Waals surface area contributed by atoms with E-state index in [2.05, 4.69) is 0 Å². The van der Waals surface area contributed by atoms with Crippen molar-refractivity contribution in [2.24, 2.45) is 0 Å². The Morgan fingerprint density at radius 1 is 0.931 bits per heavy atom. The Balaban J connectivity index is 1.74. The summed E-state index contributed by atoms with van der Waals surface area (Å²) in [7, 11) is 1.59. The molecule has 0 saturated carbocycles. The highest BCUT2D eigenvalue weighted by molar-refractivity contribution is 5.81. The predicted octanol–water partition coefficient (Wildman–Crippen LogP) is 4.01. The molecule has 6 heteroatoms. The molecule has 0 bridgehead atoms. The fraction of sp³-hybridized carbons (Fsp3) is 0.304. The lowest BCUT2D eigenvalue weighted by molar-refractivity contribution is -0.207. The molecule has 6 nitrogen and oxygen atoms in total. The maximum atomic E-state index is 12.2. The van der Waals surface area contributed by atoms with Crippen LogP contribution in [0.3, 0.4) is 0 Å². The van der Waals surface area contributed by atoms with Crippen LogP contribution in [-0.2, 0) is 19.1 Å². The Kier molecular flexibility index (Phi) is 7.03. The molecule has 3 atom stereocenters. The van der Waals surface area contributed by atoms with Gasteiger partial charge in [-0.05, 0) is 42.8 Å². The number of methoxy groups -OCH3 is 1. The van der Waals surface area contributed by atoms with E-state index in [1.807, 2.05) is 42.5 Å². The molecule has 2 aromatic rings. The molecule has 2 aromatic carbocycles. The van der Waals surface area contributed by atoms with Crippen LogP contribution < -0.4 is 9.47 Å². The first-order chi connectivity index (χ1) is 14.0. The van der Waals surface area contributed by atoms with E-state index < -0.39 is 18.4 Å². The highest BCUT2D eigenvalue weighted by Crippen LogP contribution is 2.29. The Bertz CT molecular complexity index is 843. The molecule has 0 saturated heterocycles. The fourth-order valence-electron chi connectivity index (χ4n) is 2.87. The Morgan fingerprint density at radius 3 is 2.28 bits per heavy atom. The van der Waals surface area contributed by atoms with Gasteiger partial charge in [-0.2, -0.15) is 0 Å². The van der Waals surface area contributed by atoms with E-state index in [0.717, 1.165) is 5.56 Å². The molecule has 0 N–H and O–H groups in total. The van der Waals surface area contributed by atoms with Crippen molar-refractivity contribution in [1.82, 2.24) is 0 Å². The molecule has 1 aliphatic heterocycles. The zero-order valence-electron chi connectivity index (χ0n) is 16.4. The van der Waals surface area contributed by atoms with E-state index in [-0.39, 0.29) is 24.7 Å². The summed E-state index contributed by atoms with van der Waals surface area (Å²) in [5, 5.41) is 0. The van der Waals surface area contributed by atoms with Gasteiger partial charge in [0, 0.05) is 6.42 Å². The summed E-state index contributed by atoms with van der Waals surface area (Å²) in [4.78, 5) is 23.3. The minimum Gasteiger partial charge on any atom is -0.497 e. The van der Waals surface area contributed by atoms with Gasteiger partial charge in [-0.3, -0.25) is 4.79 Å². The third-order valence-corrected chi connectivity index (χ3v) is 4.41. The number of ether oxygens (including phenoxy) is 4. The lowest BCUT2D eigenvalue weighted by atomic mass is 10.1. The number of hydrogen-bond acceptors (Lipinski definition) is 6. The van der Waals surface area contributed by atoms with Crippen LogP contribution in [0, 0.1) is 0 Å². The summed E-state index contributed by atoms with van der Waals surface area (Å²) in [6.07, 6.45) is 1.92. The SMILES string of the molecule is COc1ccc(O[C@H]2C=C[C@@H](c3ccccc3)O[C@@H]2OC(=O)CCC(C)=O)cc1. The van der Waals surface area contributed by atoms with Gasteiger partial charge in [-0.15, -0.1) is 0 Å². The van der Waals surface area contributed by atoms with Gasteiger partial charge in [0.2, 0.25) is 6.29 Å². The molecule has 0 aromatic heterocycles. The van der Waals surface area contributed by atoms with Gasteiger partial charge in [0.25, 0.3) is 0 Å². The van der Waals surface area contributed by atoms with Crippen molar-refractivity contribution in [2.75, 3.05) is 7.11 Å². The molecule has 3 rings (SSSR count). The van der Waals surface area contributed by atoms with Crippen LogP contribution >= 0.6 is 0 Å². The zero-order valence-corrected chi connectivity index (χ0v) is 16.4. The number of esters is 1. The fourth-order valence-corrected chi connectivity index (χ4v) is 2.87. The van der Waals surface area contributed by atoms with E-state index >= 15 is 0 Å². The summed E-state index contributed by atoms with van der Waals surface area (Å²) in [6, 6.07) is 16.7. The molecule has 0 spiro atoms. The maximum Gasteiger partial charge on any atom is 0.308 e. The smallest absolute Gasteiger partial charge is 0.308 e. The number of benzene rings is 2. The van der Waals surface area contributed by atoms with Crippen molar-refractivity contribution >= 4 is 11.8 Å². The van der Waals surface area contributed by atoms with Crippen molar-refractivity contribution < 1.29 is 28.5 Å². The summed E-state index contributed by atoms with van der Waals surface area (Å²) in [5.41, 5.74) is 0.941. The second-order valence-electron chi connectivity index (χ2n) is 6.67.